The average molecular weight is 598 g/mol. The SMILES string of the molecule is CCN1CCC(Cc2ccc(N(OS(C)(=O)=O)c3ncc(F)c(-c4cc(F)c5nc(C)n(C6CC6)c5c4)n3)nc2)CC1. The molecule has 42 heavy (non-hydrogen) atoms. The van der Waals surface area contributed by atoms with Gasteiger partial charge in [0.2, 0.25) is 0 Å². The summed E-state index contributed by atoms with van der Waals surface area (Å²) in [5, 5.41) is 0.843. The van der Waals surface area contributed by atoms with Gasteiger partial charge in [-0.05, 0) is 88.3 Å². The summed E-state index contributed by atoms with van der Waals surface area (Å²) in [6.07, 6.45) is 8.47. The lowest BCUT2D eigenvalue weighted by Gasteiger charge is -2.31. The van der Waals surface area contributed by atoms with Crippen molar-refractivity contribution in [3.05, 3.63) is 59.7 Å². The molecule has 0 bridgehead atoms. The van der Waals surface area contributed by atoms with Crippen molar-refractivity contribution in [1.82, 2.24) is 29.4 Å². The summed E-state index contributed by atoms with van der Waals surface area (Å²) in [7, 11) is -4.05. The second-order valence-corrected chi connectivity index (χ2v) is 12.7. The Hall–Kier alpha value is -3.55. The van der Waals surface area contributed by atoms with E-state index < -0.39 is 21.8 Å². The molecular formula is C29H33F2N7O3S. The number of fused-ring (bicyclic) bond motifs is 1. The summed E-state index contributed by atoms with van der Waals surface area (Å²) in [5.41, 5.74) is 1.73. The van der Waals surface area contributed by atoms with E-state index in [0.717, 1.165) is 74.8 Å². The average Bonchev–Trinajstić information content (AvgIpc) is 3.74. The van der Waals surface area contributed by atoms with Gasteiger partial charge in [-0.15, -0.1) is 9.35 Å². The van der Waals surface area contributed by atoms with Crippen molar-refractivity contribution in [3.63, 3.8) is 0 Å². The van der Waals surface area contributed by atoms with Crippen LogP contribution in [-0.4, -0.2) is 63.7 Å². The van der Waals surface area contributed by atoms with Gasteiger partial charge in [-0.25, -0.2) is 28.7 Å². The van der Waals surface area contributed by atoms with E-state index in [2.05, 4.69) is 31.8 Å². The fraction of sp³-hybridized carbons (Fsp3) is 0.448. The molecule has 3 aromatic heterocycles. The number of anilines is 2. The minimum Gasteiger partial charge on any atom is -0.325 e. The maximum absolute atomic E-state index is 15.2. The predicted molar refractivity (Wildman–Crippen MR) is 155 cm³/mol. The molecule has 1 aliphatic carbocycles. The first-order valence-corrected chi connectivity index (χ1v) is 16.0. The van der Waals surface area contributed by atoms with E-state index in [-0.39, 0.29) is 34.6 Å². The molecule has 0 N–H and O–H groups in total. The monoisotopic (exact) mass is 597 g/mol. The van der Waals surface area contributed by atoms with Crippen LogP contribution in [0.5, 0.6) is 0 Å². The van der Waals surface area contributed by atoms with Crippen molar-refractivity contribution in [2.45, 2.75) is 52.0 Å². The maximum Gasteiger partial charge on any atom is 0.285 e. The Morgan fingerprint density at radius 2 is 1.79 bits per heavy atom. The normalized spacial score (nSPS) is 16.8. The van der Waals surface area contributed by atoms with Gasteiger partial charge in [-0.2, -0.15) is 8.42 Å². The number of piperidine rings is 1. The van der Waals surface area contributed by atoms with Crippen LogP contribution in [0.1, 0.15) is 50.0 Å². The summed E-state index contributed by atoms with van der Waals surface area (Å²) >= 11 is 0. The molecule has 1 saturated heterocycles. The summed E-state index contributed by atoms with van der Waals surface area (Å²) in [6.45, 7) is 7.19. The Kier molecular flexibility index (Phi) is 7.66. The van der Waals surface area contributed by atoms with E-state index >= 15 is 8.78 Å². The maximum atomic E-state index is 15.2. The van der Waals surface area contributed by atoms with Gasteiger partial charge in [0.05, 0.1) is 18.0 Å². The third-order valence-corrected chi connectivity index (χ3v) is 8.35. The quantitative estimate of drug-likeness (QED) is 0.243. The highest BCUT2D eigenvalue weighted by molar-refractivity contribution is 7.86. The molecular weight excluding hydrogens is 564 g/mol. The molecule has 0 atom stereocenters. The zero-order valence-electron chi connectivity index (χ0n) is 23.8. The van der Waals surface area contributed by atoms with Gasteiger partial charge in [0.15, 0.2) is 17.5 Å². The Balaban J connectivity index is 1.32. The van der Waals surface area contributed by atoms with Crippen molar-refractivity contribution < 1.29 is 21.5 Å². The first kappa shape index (κ1) is 28.6. The number of likely N-dealkylation sites (tertiary alicyclic amines) is 1. The second-order valence-electron chi connectivity index (χ2n) is 11.1. The predicted octanol–water partition coefficient (Wildman–Crippen LogP) is 5.11. The highest BCUT2D eigenvalue weighted by atomic mass is 32.2. The van der Waals surface area contributed by atoms with Crippen molar-refractivity contribution in [2.75, 3.05) is 31.0 Å². The van der Waals surface area contributed by atoms with E-state index in [0.29, 0.717) is 17.3 Å². The number of rotatable bonds is 9. The number of pyridine rings is 1. The number of benzene rings is 1. The number of halogens is 2. The lowest BCUT2D eigenvalue weighted by Crippen LogP contribution is -2.34. The highest BCUT2D eigenvalue weighted by Crippen LogP contribution is 2.40. The van der Waals surface area contributed by atoms with Gasteiger partial charge in [0, 0.05) is 17.8 Å². The molecule has 1 aliphatic heterocycles. The minimum atomic E-state index is -4.05. The first-order valence-electron chi connectivity index (χ1n) is 14.2. The van der Waals surface area contributed by atoms with E-state index in [9.17, 15) is 8.42 Å². The molecule has 0 radical (unpaired) electrons. The second kappa shape index (κ2) is 11.3. The van der Waals surface area contributed by atoms with E-state index in [1.54, 1.807) is 18.3 Å². The van der Waals surface area contributed by atoms with Gasteiger partial charge < -0.3 is 9.47 Å². The van der Waals surface area contributed by atoms with Crippen LogP contribution in [0.2, 0.25) is 0 Å². The van der Waals surface area contributed by atoms with Crippen LogP contribution < -0.4 is 5.06 Å². The van der Waals surface area contributed by atoms with Gasteiger partial charge >= 0.3 is 0 Å². The van der Waals surface area contributed by atoms with Crippen molar-refractivity contribution in [2.24, 2.45) is 5.92 Å². The first-order chi connectivity index (χ1) is 20.1. The molecule has 1 aromatic carbocycles. The van der Waals surface area contributed by atoms with Crippen LogP contribution in [0, 0.1) is 24.5 Å². The third kappa shape index (κ3) is 5.99. The fourth-order valence-corrected chi connectivity index (χ4v) is 6.08. The molecule has 13 heteroatoms. The molecule has 4 heterocycles. The van der Waals surface area contributed by atoms with Crippen LogP contribution in [0.4, 0.5) is 20.5 Å². The minimum absolute atomic E-state index is 0.103. The van der Waals surface area contributed by atoms with Crippen molar-refractivity contribution >= 4 is 32.9 Å². The zero-order chi connectivity index (χ0) is 29.6. The van der Waals surface area contributed by atoms with Crippen molar-refractivity contribution in [3.8, 4) is 11.3 Å². The molecule has 6 rings (SSSR count). The number of hydrogen-bond acceptors (Lipinski definition) is 9. The van der Waals surface area contributed by atoms with Crippen LogP contribution in [0.25, 0.3) is 22.3 Å². The van der Waals surface area contributed by atoms with Crippen LogP contribution in [-0.2, 0) is 20.8 Å². The number of hydrogen-bond donors (Lipinski definition) is 0. The molecule has 4 aromatic rings. The third-order valence-electron chi connectivity index (χ3n) is 7.93. The summed E-state index contributed by atoms with van der Waals surface area (Å²) in [6, 6.07) is 6.53. The number of imidazole rings is 1. The molecule has 10 nitrogen and oxygen atoms in total. The molecule has 0 amide bonds. The van der Waals surface area contributed by atoms with Gasteiger partial charge in [-0.1, -0.05) is 13.0 Å². The van der Waals surface area contributed by atoms with E-state index in [4.69, 9.17) is 4.28 Å². The topological polar surface area (TPSA) is 106 Å². The fourth-order valence-electron chi connectivity index (χ4n) is 5.66. The van der Waals surface area contributed by atoms with Crippen LogP contribution >= 0.6 is 0 Å². The zero-order valence-corrected chi connectivity index (χ0v) is 24.6. The molecule has 1 saturated carbocycles. The molecule has 222 valence electrons. The number of aryl methyl sites for hydroxylation is 1. The highest BCUT2D eigenvalue weighted by Gasteiger charge is 2.29. The Morgan fingerprint density at radius 3 is 2.43 bits per heavy atom. The smallest absolute Gasteiger partial charge is 0.285 e. The van der Waals surface area contributed by atoms with E-state index in [1.807, 2.05) is 17.6 Å². The summed E-state index contributed by atoms with van der Waals surface area (Å²) in [4.78, 5) is 19.5. The number of nitrogens with zero attached hydrogens (tertiary/aromatic N) is 7. The van der Waals surface area contributed by atoms with Gasteiger partial charge in [0.25, 0.3) is 16.1 Å². The molecule has 2 aliphatic rings. The molecule has 2 fully saturated rings. The summed E-state index contributed by atoms with van der Waals surface area (Å²) < 4.78 is 61.9. The number of aromatic nitrogens is 5. The van der Waals surface area contributed by atoms with Crippen LogP contribution in [0.3, 0.4) is 0 Å². The lowest BCUT2D eigenvalue weighted by molar-refractivity contribution is 0.192. The largest absolute Gasteiger partial charge is 0.325 e. The Morgan fingerprint density at radius 1 is 1.02 bits per heavy atom. The Labute approximate surface area is 243 Å². The standard InChI is InChI=1S/C29H33F2N7O3S/c1-4-36-11-9-19(10-12-36)13-20-5-8-26(32-16-20)38(41-42(3,39)40)29-33-17-24(31)27(35-29)21-14-23(30)28-25(15-21)37(18(2)34-28)22-6-7-22/h5,8,14-17,19,22H,4,6-7,9-13H2,1-3H3. The van der Waals surface area contributed by atoms with E-state index in [1.165, 1.54) is 6.07 Å². The van der Waals surface area contributed by atoms with Gasteiger partial charge in [-0.3, -0.25) is 0 Å². The van der Waals surface area contributed by atoms with Crippen LogP contribution in [0.15, 0.2) is 36.7 Å². The lowest BCUT2D eigenvalue weighted by atomic mass is 9.91. The summed E-state index contributed by atoms with van der Waals surface area (Å²) in [5.74, 6) is -0.344. The molecule has 0 spiro atoms. The Bertz CT molecular complexity index is 1720. The molecule has 0 unspecified atom stereocenters. The van der Waals surface area contributed by atoms with Crippen molar-refractivity contribution in [1.29, 1.82) is 0 Å². The van der Waals surface area contributed by atoms with Gasteiger partial charge in [0.1, 0.15) is 17.0 Å².